The molecule has 2 heterocycles. The van der Waals surface area contributed by atoms with Crippen molar-refractivity contribution in [2.75, 3.05) is 20.2 Å². The minimum Gasteiger partial charge on any atom is -0.497 e. The van der Waals surface area contributed by atoms with E-state index >= 15 is 0 Å². The van der Waals surface area contributed by atoms with Crippen LogP contribution in [0.4, 0.5) is 0 Å². The number of aromatic nitrogens is 1. The predicted octanol–water partition coefficient (Wildman–Crippen LogP) is 4.79. The van der Waals surface area contributed by atoms with Crippen LogP contribution in [-0.4, -0.2) is 36.0 Å². The normalized spacial score (nSPS) is 14.5. The van der Waals surface area contributed by atoms with Crippen LogP contribution in [-0.2, 0) is 11.2 Å². The van der Waals surface area contributed by atoms with Gasteiger partial charge in [0, 0.05) is 36.1 Å². The van der Waals surface area contributed by atoms with Crippen LogP contribution in [0.5, 0.6) is 5.75 Å². The van der Waals surface area contributed by atoms with Crippen molar-refractivity contribution in [2.24, 2.45) is 0 Å². The van der Waals surface area contributed by atoms with Crippen LogP contribution < -0.4 is 4.74 Å². The van der Waals surface area contributed by atoms with Gasteiger partial charge >= 0.3 is 0 Å². The third-order valence-electron chi connectivity index (χ3n) is 5.49. The number of aromatic amines is 1. The van der Waals surface area contributed by atoms with Gasteiger partial charge < -0.3 is 14.6 Å². The van der Waals surface area contributed by atoms with E-state index in [1.54, 1.807) is 7.11 Å². The summed E-state index contributed by atoms with van der Waals surface area (Å²) in [7, 11) is 1.68. The van der Waals surface area contributed by atoms with Gasteiger partial charge in [0.1, 0.15) is 5.75 Å². The number of nitrogens with one attached hydrogen (secondary N) is 1. The van der Waals surface area contributed by atoms with Crippen LogP contribution >= 0.6 is 0 Å². The Morgan fingerprint density at radius 2 is 1.78 bits per heavy atom. The number of likely N-dealkylation sites (tertiary alicyclic amines) is 1. The van der Waals surface area contributed by atoms with Crippen LogP contribution in [0.15, 0.2) is 48.5 Å². The van der Waals surface area contributed by atoms with Crippen molar-refractivity contribution in [2.45, 2.75) is 32.1 Å². The maximum atomic E-state index is 12.7. The fourth-order valence-corrected chi connectivity index (χ4v) is 4.00. The molecule has 0 radical (unpaired) electrons. The van der Waals surface area contributed by atoms with E-state index in [0.29, 0.717) is 6.42 Å². The number of rotatable bonds is 5. The minimum atomic E-state index is 0.278. The number of benzene rings is 2. The number of methoxy groups -OCH3 is 1. The highest BCUT2D eigenvalue weighted by Gasteiger charge is 2.19. The number of fused-ring (bicyclic) bond motifs is 1. The molecule has 0 bridgehead atoms. The molecule has 4 heteroatoms. The molecule has 0 unspecified atom stereocenters. The Balaban J connectivity index is 1.62. The van der Waals surface area contributed by atoms with Gasteiger partial charge in [-0.1, -0.05) is 18.2 Å². The molecule has 0 spiro atoms. The van der Waals surface area contributed by atoms with Crippen molar-refractivity contribution in [3.63, 3.8) is 0 Å². The van der Waals surface area contributed by atoms with Gasteiger partial charge in [0.15, 0.2) is 0 Å². The Hall–Kier alpha value is -2.75. The zero-order chi connectivity index (χ0) is 18.6. The number of amides is 1. The van der Waals surface area contributed by atoms with Crippen LogP contribution in [0.1, 0.15) is 31.2 Å². The van der Waals surface area contributed by atoms with E-state index in [2.05, 4.69) is 35.3 Å². The molecule has 1 N–H and O–H groups in total. The first-order valence-electron chi connectivity index (χ1n) is 9.78. The molecule has 27 heavy (non-hydrogen) atoms. The predicted molar refractivity (Wildman–Crippen MR) is 109 cm³/mol. The van der Waals surface area contributed by atoms with Gasteiger partial charge in [-0.05, 0) is 67.1 Å². The summed E-state index contributed by atoms with van der Waals surface area (Å²) in [5, 5.41) is 1.20. The lowest BCUT2D eigenvalue weighted by Crippen LogP contribution is -2.35. The number of H-pyrrole nitrogens is 1. The van der Waals surface area contributed by atoms with Crippen molar-refractivity contribution >= 4 is 16.8 Å². The van der Waals surface area contributed by atoms with Gasteiger partial charge in [-0.25, -0.2) is 0 Å². The minimum absolute atomic E-state index is 0.278. The third kappa shape index (κ3) is 3.70. The first-order valence-corrected chi connectivity index (χ1v) is 9.78. The number of hydrogen-bond donors (Lipinski definition) is 1. The Labute approximate surface area is 160 Å². The smallest absolute Gasteiger partial charge is 0.222 e. The lowest BCUT2D eigenvalue weighted by atomic mass is 10.0. The van der Waals surface area contributed by atoms with Gasteiger partial charge in [-0.15, -0.1) is 0 Å². The number of piperidine rings is 1. The highest BCUT2D eigenvalue weighted by molar-refractivity contribution is 5.91. The largest absolute Gasteiger partial charge is 0.497 e. The monoisotopic (exact) mass is 362 g/mol. The van der Waals surface area contributed by atoms with Crippen molar-refractivity contribution in [3.8, 4) is 17.0 Å². The topological polar surface area (TPSA) is 45.3 Å². The highest BCUT2D eigenvalue weighted by atomic mass is 16.5. The number of para-hydroxylation sites is 1. The number of aryl methyl sites for hydroxylation is 1. The van der Waals surface area contributed by atoms with E-state index < -0.39 is 0 Å². The lowest BCUT2D eigenvalue weighted by molar-refractivity contribution is -0.132. The third-order valence-corrected chi connectivity index (χ3v) is 5.49. The molecule has 0 saturated carbocycles. The molecule has 0 atom stereocenters. The standard InChI is InChI=1S/C23H26N2O2/c1-27-18-11-9-17(10-12-18)23-20(19-7-3-4-8-21(19)24-23)13-14-22(26)25-15-5-2-6-16-25/h3-4,7-12,24H,2,5-6,13-16H2,1H3. The van der Waals surface area contributed by atoms with Crippen molar-refractivity contribution in [1.29, 1.82) is 0 Å². The summed E-state index contributed by atoms with van der Waals surface area (Å²) < 4.78 is 5.28. The maximum Gasteiger partial charge on any atom is 0.222 e. The Kier molecular flexibility index (Phi) is 5.14. The van der Waals surface area contributed by atoms with E-state index in [0.717, 1.165) is 54.9 Å². The maximum absolute atomic E-state index is 12.7. The average molecular weight is 362 g/mol. The van der Waals surface area contributed by atoms with Crippen LogP contribution in [0.3, 0.4) is 0 Å². The second-order valence-electron chi connectivity index (χ2n) is 7.19. The van der Waals surface area contributed by atoms with Gasteiger partial charge in [0.2, 0.25) is 5.91 Å². The first kappa shape index (κ1) is 17.7. The molecule has 4 rings (SSSR count). The molecule has 1 aromatic heterocycles. The second kappa shape index (κ2) is 7.87. The van der Waals surface area contributed by atoms with Gasteiger partial charge in [-0.2, -0.15) is 0 Å². The number of carbonyl (C=O) groups is 1. The molecule has 1 amide bonds. The molecular formula is C23H26N2O2. The van der Waals surface area contributed by atoms with E-state index in [9.17, 15) is 4.79 Å². The Morgan fingerprint density at radius 1 is 1.04 bits per heavy atom. The van der Waals surface area contributed by atoms with E-state index in [1.807, 2.05) is 23.1 Å². The number of nitrogens with zero attached hydrogens (tertiary/aromatic N) is 1. The van der Waals surface area contributed by atoms with Crippen molar-refractivity contribution in [1.82, 2.24) is 9.88 Å². The molecular weight excluding hydrogens is 336 g/mol. The van der Waals surface area contributed by atoms with E-state index in [-0.39, 0.29) is 5.91 Å². The molecule has 1 saturated heterocycles. The molecule has 1 fully saturated rings. The zero-order valence-electron chi connectivity index (χ0n) is 15.8. The molecule has 1 aliphatic rings. The average Bonchev–Trinajstić information content (AvgIpc) is 3.11. The van der Waals surface area contributed by atoms with Gasteiger partial charge in [-0.3, -0.25) is 4.79 Å². The molecule has 2 aromatic carbocycles. The fraction of sp³-hybridized carbons (Fsp3) is 0.348. The van der Waals surface area contributed by atoms with Crippen LogP contribution in [0.2, 0.25) is 0 Å². The molecule has 4 nitrogen and oxygen atoms in total. The van der Waals surface area contributed by atoms with E-state index in [1.165, 1.54) is 17.4 Å². The molecule has 1 aliphatic heterocycles. The number of carbonyl (C=O) groups excluding carboxylic acids is 1. The first-order chi connectivity index (χ1) is 13.3. The van der Waals surface area contributed by atoms with Crippen LogP contribution in [0.25, 0.3) is 22.2 Å². The summed E-state index contributed by atoms with van der Waals surface area (Å²) in [6.07, 6.45) is 4.82. The van der Waals surface area contributed by atoms with Crippen molar-refractivity contribution in [3.05, 3.63) is 54.1 Å². The Bertz CT molecular complexity index is 921. The molecule has 140 valence electrons. The van der Waals surface area contributed by atoms with E-state index in [4.69, 9.17) is 4.74 Å². The number of hydrogen-bond acceptors (Lipinski definition) is 2. The number of ether oxygens (including phenoxy) is 1. The fourth-order valence-electron chi connectivity index (χ4n) is 4.00. The van der Waals surface area contributed by atoms with Gasteiger partial charge in [0.05, 0.1) is 7.11 Å². The summed E-state index contributed by atoms with van der Waals surface area (Å²) in [6, 6.07) is 16.4. The summed E-state index contributed by atoms with van der Waals surface area (Å²) >= 11 is 0. The Morgan fingerprint density at radius 3 is 2.52 bits per heavy atom. The second-order valence-corrected chi connectivity index (χ2v) is 7.19. The summed E-state index contributed by atoms with van der Waals surface area (Å²) in [6.45, 7) is 1.83. The van der Waals surface area contributed by atoms with Crippen LogP contribution in [0, 0.1) is 0 Å². The summed E-state index contributed by atoms with van der Waals surface area (Å²) in [4.78, 5) is 18.2. The molecule has 0 aliphatic carbocycles. The summed E-state index contributed by atoms with van der Waals surface area (Å²) in [5.41, 5.74) is 4.56. The zero-order valence-corrected chi connectivity index (χ0v) is 15.8. The molecule has 3 aromatic rings. The lowest BCUT2D eigenvalue weighted by Gasteiger charge is -2.26. The quantitative estimate of drug-likeness (QED) is 0.709. The SMILES string of the molecule is COc1ccc(-c2[nH]c3ccccc3c2CCC(=O)N2CCCCC2)cc1. The summed E-state index contributed by atoms with van der Waals surface area (Å²) in [5.74, 6) is 1.12. The van der Waals surface area contributed by atoms with Gasteiger partial charge in [0.25, 0.3) is 0 Å². The highest BCUT2D eigenvalue weighted by Crippen LogP contribution is 2.32. The van der Waals surface area contributed by atoms with Crippen molar-refractivity contribution < 1.29 is 9.53 Å².